The van der Waals surface area contributed by atoms with Crippen molar-refractivity contribution in [2.75, 3.05) is 13.6 Å². The summed E-state index contributed by atoms with van der Waals surface area (Å²) in [4.78, 5) is 0. The molecule has 0 saturated carbocycles. The Morgan fingerprint density at radius 3 is 0.958 bits per heavy atom. The first-order valence-corrected chi connectivity index (χ1v) is 22.8. The Morgan fingerprint density at radius 2 is 0.667 bits per heavy atom. The molecule has 2 aliphatic rings. The van der Waals surface area contributed by atoms with Gasteiger partial charge in [-0.3, -0.25) is 0 Å². The second kappa shape index (κ2) is 17.4. The molecule has 0 unspecified atom stereocenters. The van der Waals surface area contributed by atoms with Gasteiger partial charge in [-0.2, -0.15) is 0 Å². The molecule has 0 amide bonds. The van der Waals surface area contributed by atoms with Crippen molar-refractivity contribution in [2.24, 2.45) is 0 Å². The van der Waals surface area contributed by atoms with Gasteiger partial charge in [-0.05, 0) is 71.9 Å². The molecule has 2 aliphatic heterocycles. The number of ether oxygens (including phenoxy) is 4. The molecule has 8 rings (SSSR count). The van der Waals surface area contributed by atoms with E-state index in [-0.39, 0.29) is 13.6 Å². The second-order valence-electron chi connectivity index (χ2n) is 10.4. The summed E-state index contributed by atoms with van der Waals surface area (Å²) in [6, 6.07) is 51.6. The maximum absolute atomic E-state index is 6.35. The van der Waals surface area contributed by atoms with Crippen LogP contribution in [0.2, 0.25) is 0 Å². The minimum atomic E-state index is -0.968. The normalized spacial score (nSPS) is 12.2. The van der Waals surface area contributed by atoms with Crippen molar-refractivity contribution in [3.63, 3.8) is 0 Å². The minimum absolute atomic E-state index is 0.175. The average molecular weight is 1080 g/mol. The predicted molar refractivity (Wildman–Crippen MR) is 193 cm³/mol. The number of fused-ring (bicyclic) bond motifs is 2. The topological polar surface area (TPSA) is 36.9 Å². The summed E-state index contributed by atoms with van der Waals surface area (Å²) in [5, 5.41) is 7.40. The summed E-state index contributed by atoms with van der Waals surface area (Å²) in [7, 11) is 7.23. The standard InChI is InChI=1S/C38H28O4P2.2Au.2ClH/c1-5-13-27(14-6-1)43(28-15-7-2-8-16-28)33-23-21-31-37(41-25-39-31)35(33)36-34(24-22-32-38(36)42-26-40-32)44(29-17-9-3-10-18-29)30-19-11-4-12-20-30;;;;/h1-24H,25-26H2;;;2*1H/q;2*+1;;/p-2. The van der Waals surface area contributed by atoms with Gasteiger partial charge >= 0.3 is 58.4 Å². The van der Waals surface area contributed by atoms with Gasteiger partial charge in [0, 0.05) is 11.1 Å². The van der Waals surface area contributed by atoms with Crippen LogP contribution in [0.1, 0.15) is 0 Å². The Hall–Kier alpha value is -2.56. The fraction of sp³-hybridized carbons (Fsp3) is 0.0526. The van der Waals surface area contributed by atoms with E-state index in [1.807, 2.05) is 0 Å². The third kappa shape index (κ3) is 7.31. The van der Waals surface area contributed by atoms with Crippen molar-refractivity contribution >= 4 is 66.0 Å². The van der Waals surface area contributed by atoms with Gasteiger partial charge in [0.2, 0.25) is 13.6 Å². The maximum atomic E-state index is 6.35. The van der Waals surface area contributed by atoms with E-state index in [2.05, 4.69) is 164 Å². The summed E-state index contributed by atoms with van der Waals surface area (Å²) >= 11 is 3.50. The molecule has 0 spiro atoms. The maximum Gasteiger partial charge on any atom is 0.231 e. The quantitative estimate of drug-likeness (QED) is 0.122. The largest absolute Gasteiger partial charge is 0.454 e. The van der Waals surface area contributed by atoms with Crippen molar-refractivity contribution in [1.82, 2.24) is 0 Å². The third-order valence-electron chi connectivity index (χ3n) is 7.82. The summed E-state index contributed by atoms with van der Waals surface area (Å²) in [5.41, 5.74) is 2.02. The Kier molecular flexibility index (Phi) is 12.8. The van der Waals surface area contributed by atoms with E-state index >= 15 is 0 Å². The molecular weight excluding hydrogens is 1050 g/mol. The van der Waals surface area contributed by atoms with Crippen LogP contribution in [0, 0.1) is 0 Å². The van der Waals surface area contributed by atoms with Crippen molar-refractivity contribution in [3.8, 4) is 34.1 Å². The van der Waals surface area contributed by atoms with E-state index in [4.69, 9.17) is 18.9 Å². The van der Waals surface area contributed by atoms with Crippen LogP contribution in [-0.2, 0) is 40.0 Å². The molecule has 250 valence electrons. The van der Waals surface area contributed by atoms with Gasteiger partial charge in [-0.25, -0.2) is 0 Å². The molecule has 0 N–H and O–H groups in total. The number of hydrogen-bond acceptors (Lipinski definition) is 4. The fourth-order valence-electron chi connectivity index (χ4n) is 5.94. The van der Waals surface area contributed by atoms with E-state index < -0.39 is 15.8 Å². The Morgan fingerprint density at radius 1 is 0.375 bits per heavy atom. The van der Waals surface area contributed by atoms with Gasteiger partial charge in [0.05, 0.1) is 0 Å². The molecule has 6 aromatic carbocycles. The smallest absolute Gasteiger partial charge is 0.231 e. The van der Waals surface area contributed by atoms with E-state index in [1.54, 1.807) is 40.0 Å². The zero-order valence-electron chi connectivity index (χ0n) is 25.2. The molecule has 0 aliphatic carbocycles. The number of rotatable bonds is 7. The summed E-state index contributed by atoms with van der Waals surface area (Å²) in [5.74, 6) is 2.99. The third-order valence-corrected chi connectivity index (χ3v) is 12.8. The molecule has 0 fully saturated rings. The van der Waals surface area contributed by atoms with Crippen molar-refractivity contribution in [1.29, 1.82) is 0 Å². The van der Waals surface area contributed by atoms with Crippen LogP contribution in [0.5, 0.6) is 23.0 Å². The number of halogens is 2. The molecule has 0 saturated heterocycles. The fourth-order valence-corrected chi connectivity index (χ4v) is 10.9. The van der Waals surface area contributed by atoms with Crippen LogP contribution in [0.3, 0.4) is 0 Å². The summed E-state index contributed by atoms with van der Waals surface area (Å²) in [6.07, 6.45) is 0. The monoisotopic (exact) mass is 1070 g/mol. The SMILES string of the molecule is [Cl][Au].[Cl][Au].c1ccc(P(c2ccccc2)c2ccc3c(c2-c2c(P(c4ccccc4)c4ccccc4)ccc4c2OCO4)OCO3)cc1. The van der Waals surface area contributed by atoms with E-state index in [9.17, 15) is 0 Å². The van der Waals surface area contributed by atoms with Gasteiger partial charge in [-0.15, -0.1) is 0 Å². The molecule has 0 aromatic heterocycles. The average Bonchev–Trinajstić information content (AvgIpc) is 3.86. The molecule has 0 atom stereocenters. The molecule has 10 heteroatoms. The van der Waals surface area contributed by atoms with Crippen LogP contribution in [0.4, 0.5) is 0 Å². The van der Waals surface area contributed by atoms with Crippen LogP contribution < -0.4 is 50.8 Å². The van der Waals surface area contributed by atoms with Gasteiger partial charge in [0.1, 0.15) is 0 Å². The minimum Gasteiger partial charge on any atom is -0.454 e. The van der Waals surface area contributed by atoms with E-state index in [0.29, 0.717) is 0 Å². The van der Waals surface area contributed by atoms with Crippen molar-refractivity contribution in [2.45, 2.75) is 0 Å². The van der Waals surface area contributed by atoms with Gasteiger partial charge < -0.3 is 18.9 Å². The Bertz CT molecular complexity index is 1720. The first-order chi connectivity index (χ1) is 23.9. The predicted octanol–water partition coefficient (Wildman–Crippen LogP) is 7.70. The van der Waals surface area contributed by atoms with Gasteiger partial charge in [0.15, 0.2) is 23.0 Å². The molecule has 4 nitrogen and oxygen atoms in total. The summed E-state index contributed by atoms with van der Waals surface area (Å²) in [6.45, 7) is 0.350. The van der Waals surface area contributed by atoms with Crippen LogP contribution in [0.25, 0.3) is 11.1 Å². The molecule has 48 heavy (non-hydrogen) atoms. The molecule has 0 bridgehead atoms. The van der Waals surface area contributed by atoms with Gasteiger partial charge in [0.25, 0.3) is 0 Å². The van der Waals surface area contributed by atoms with E-state index in [0.717, 1.165) is 34.1 Å². The first-order valence-electron chi connectivity index (χ1n) is 14.8. The van der Waals surface area contributed by atoms with Crippen LogP contribution in [-0.4, -0.2) is 13.6 Å². The van der Waals surface area contributed by atoms with Crippen LogP contribution in [0.15, 0.2) is 146 Å². The summed E-state index contributed by atoms with van der Waals surface area (Å²) < 4.78 is 24.7. The first kappa shape index (κ1) is 35.3. The van der Waals surface area contributed by atoms with Gasteiger partial charge in [-0.1, -0.05) is 121 Å². The Balaban J connectivity index is 0.000000969. The second-order valence-corrected chi connectivity index (χ2v) is 14.8. The molecule has 6 aromatic rings. The Labute approximate surface area is 315 Å². The van der Waals surface area contributed by atoms with Crippen molar-refractivity contribution < 1.29 is 58.9 Å². The van der Waals surface area contributed by atoms with E-state index in [1.165, 1.54) is 31.8 Å². The van der Waals surface area contributed by atoms with Crippen molar-refractivity contribution in [3.05, 3.63) is 146 Å². The molecule has 0 radical (unpaired) electrons. The zero-order chi connectivity index (χ0) is 33.3. The van der Waals surface area contributed by atoms with Crippen LogP contribution >= 0.6 is 34.2 Å². The molecule has 2 heterocycles. The number of benzene rings is 6. The zero-order valence-corrected chi connectivity index (χ0v) is 32.8. The number of hydrogen-bond donors (Lipinski definition) is 0. The molecular formula is C38H28Au2Cl2O4P2.